The van der Waals surface area contributed by atoms with Crippen LogP contribution in [0.25, 0.3) is 0 Å². The van der Waals surface area contributed by atoms with Crippen LogP contribution in [0.3, 0.4) is 0 Å². The summed E-state index contributed by atoms with van der Waals surface area (Å²) < 4.78 is 44.0. The van der Waals surface area contributed by atoms with Gasteiger partial charge in [0.25, 0.3) is 10.0 Å². The van der Waals surface area contributed by atoms with Crippen LogP contribution in [0.5, 0.6) is 0 Å². The Morgan fingerprint density at radius 1 is 0.889 bits per heavy atom. The van der Waals surface area contributed by atoms with E-state index in [1.165, 1.54) is 41.3 Å². The lowest BCUT2D eigenvalue weighted by Gasteiger charge is -2.34. The zero-order valence-electron chi connectivity index (χ0n) is 25.1. The molecule has 0 bridgehead atoms. The fourth-order valence-electron chi connectivity index (χ4n) is 4.77. The third kappa shape index (κ3) is 8.63. The molecule has 11 heteroatoms. The second kappa shape index (κ2) is 14.9. The highest BCUT2D eigenvalue weighted by Gasteiger charge is 2.35. The summed E-state index contributed by atoms with van der Waals surface area (Å²) in [6.45, 7) is 4.47. The number of halogens is 3. The molecule has 0 saturated carbocycles. The highest BCUT2D eigenvalue weighted by atomic mass is 35.5. The van der Waals surface area contributed by atoms with Crippen LogP contribution >= 0.6 is 23.2 Å². The first kappa shape index (κ1) is 34.0. The molecule has 0 spiro atoms. The number of nitrogens with one attached hydrogen (secondary N) is 1. The van der Waals surface area contributed by atoms with E-state index in [4.69, 9.17) is 23.2 Å². The molecule has 7 nitrogen and oxygen atoms in total. The molecule has 4 rings (SSSR count). The summed E-state index contributed by atoms with van der Waals surface area (Å²) in [6.07, 6.45) is 0.126. The number of nitrogens with zero attached hydrogens (tertiary/aromatic N) is 2. The van der Waals surface area contributed by atoms with Gasteiger partial charge < -0.3 is 10.2 Å². The van der Waals surface area contributed by atoms with Crippen molar-refractivity contribution >= 4 is 50.7 Å². The van der Waals surface area contributed by atoms with Crippen molar-refractivity contribution < 1.29 is 22.4 Å². The summed E-state index contributed by atoms with van der Waals surface area (Å²) in [7, 11) is -4.43. The van der Waals surface area contributed by atoms with Gasteiger partial charge in [-0.15, -0.1) is 0 Å². The van der Waals surface area contributed by atoms with E-state index in [0.717, 1.165) is 21.5 Å². The van der Waals surface area contributed by atoms with Crippen molar-refractivity contribution in [2.75, 3.05) is 10.8 Å². The summed E-state index contributed by atoms with van der Waals surface area (Å²) in [6, 6.07) is 24.0. The molecule has 0 fully saturated rings. The van der Waals surface area contributed by atoms with Gasteiger partial charge in [0.2, 0.25) is 11.8 Å². The van der Waals surface area contributed by atoms with E-state index in [1.54, 1.807) is 38.1 Å². The molecule has 0 radical (unpaired) electrons. The standard InChI is InChI=1S/C34H34Cl2FN3O4S/c1-23(2)38-34(42)32(19-25-9-5-4-6-10-25)39(21-26-15-16-27(35)20-29(26)36)33(41)22-40(31-12-8-7-11-30(31)37)45(43,44)28-17-13-24(3)14-18-28/h4-18,20,23,32H,19,21-22H2,1-3H3,(H,38,42)/t32-/m0/s1. The molecule has 236 valence electrons. The van der Waals surface area contributed by atoms with E-state index in [9.17, 15) is 18.0 Å². The molecule has 0 unspecified atom stereocenters. The number of anilines is 1. The van der Waals surface area contributed by atoms with Crippen LogP contribution in [0.4, 0.5) is 10.1 Å². The maximum Gasteiger partial charge on any atom is 0.264 e. The Balaban J connectivity index is 1.83. The summed E-state index contributed by atoms with van der Waals surface area (Å²) >= 11 is 12.6. The fourth-order valence-corrected chi connectivity index (χ4v) is 6.66. The highest BCUT2D eigenvalue weighted by Crippen LogP contribution is 2.28. The van der Waals surface area contributed by atoms with Gasteiger partial charge in [-0.05, 0) is 68.3 Å². The van der Waals surface area contributed by atoms with E-state index in [-0.39, 0.29) is 34.6 Å². The van der Waals surface area contributed by atoms with Crippen LogP contribution in [-0.2, 0) is 32.6 Å². The topological polar surface area (TPSA) is 86.8 Å². The molecule has 4 aromatic carbocycles. The SMILES string of the molecule is Cc1ccc(S(=O)(=O)N(CC(=O)N(Cc2ccc(Cl)cc2Cl)[C@@H](Cc2ccccc2)C(=O)NC(C)C)c2ccccc2F)cc1. The number of sulfonamides is 1. The molecule has 0 aliphatic carbocycles. The maximum absolute atomic E-state index is 15.2. The van der Waals surface area contributed by atoms with Gasteiger partial charge in [0, 0.05) is 29.1 Å². The van der Waals surface area contributed by atoms with E-state index in [2.05, 4.69) is 5.32 Å². The lowest BCUT2D eigenvalue weighted by Crippen LogP contribution is -2.54. The number of rotatable bonds is 12. The normalized spacial score (nSPS) is 12.1. The van der Waals surface area contributed by atoms with Crippen LogP contribution in [0.15, 0.2) is 102 Å². The van der Waals surface area contributed by atoms with Crippen LogP contribution in [0.1, 0.15) is 30.5 Å². The van der Waals surface area contributed by atoms with Gasteiger partial charge in [-0.25, -0.2) is 12.8 Å². The van der Waals surface area contributed by atoms with Crippen molar-refractivity contribution in [2.45, 2.75) is 50.7 Å². The summed E-state index contributed by atoms with van der Waals surface area (Å²) in [5.74, 6) is -2.00. The van der Waals surface area contributed by atoms with Crippen LogP contribution in [0, 0.1) is 12.7 Å². The van der Waals surface area contributed by atoms with Crippen molar-refractivity contribution in [1.82, 2.24) is 10.2 Å². The van der Waals surface area contributed by atoms with Gasteiger partial charge in [0.1, 0.15) is 18.4 Å². The molecular formula is C34H34Cl2FN3O4S. The lowest BCUT2D eigenvalue weighted by atomic mass is 10.0. The Bertz CT molecular complexity index is 1750. The highest BCUT2D eigenvalue weighted by molar-refractivity contribution is 7.92. The Kier molecular flexibility index (Phi) is 11.3. The summed E-state index contributed by atoms with van der Waals surface area (Å²) in [5.41, 5.74) is 1.79. The number of hydrogen-bond acceptors (Lipinski definition) is 4. The minimum absolute atomic E-state index is 0.116. The molecule has 0 heterocycles. The lowest BCUT2D eigenvalue weighted by molar-refractivity contribution is -0.140. The number of carbonyl (C=O) groups excluding carboxylic acids is 2. The Hall–Kier alpha value is -3.92. The van der Waals surface area contributed by atoms with Crippen molar-refractivity contribution in [1.29, 1.82) is 0 Å². The second-order valence-corrected chi connectivity index (χ2v) is 13.6. The fraction of sp³-hybridized carbons (Fsp3) is 0.235. The molecular weight excluding hydrogens is 636 g/mol. The van der Waals surface area contributed by atoms with Crippen molar-refractivity contribution in [3.63, 3.8) is 0 Å². The monoisotopic (exact) mass is 669 g/mol. The predicted molar refractivity (Wildman–Crippen MR) is 176 cm³/mol. The van der Waals surface area contributed by atoms with Crippen molar-refractivity contribution in [2.24, 2.45) is 0 Å². The van der Waals surface area contributed by atoms with E-state index in [0.29, 0.717) is 10.6 Å². The Morgan fingerprint density at radius 2 is 1.53 bits per heavy atom. The van der Waals surface area contributed by atoms with Gasteiger partial charge in [-0.1, -0.05) is 89.4 Å². The molecule has 1 atom stereocenters. The molecule has 4 aromatic rings. The van der Waals surface area contributed by atoms with Gasteiger partial charge in [0.15, 0.2) is 0 Å². The molecule has 2 amide bonds. The number of benzene rings is 4. The third-order valence-electron chi connectivity index (χ3n) is 7.07. The number of hydrogen-bond donors (Lipinski definition) is 1. The number of amides is 2. The number of aryl methyl sites for hydroxylation is 1. The summed E-state index contributed by atoms with van der Waals surface area (Å²) in [5, 5.41) is 3.53. The minimum atomic E-state index is -4.43. The zero-order valence-corrected chi connectivity index (χ0v) is 27.4. The Labute approximate surface area is 273 Å². The predicted octanol–water partition coefficient (Wildman–Crippen LogP) is 6.80. The average molecular weight is 671 g/mol. The Morgan fingerprint density at radius 3 is 2.16 bits per heavy atom. The number of para-hydroxylation sites is 1. The largest absolute Gasteiger partial charge is 0.352 e. The molecule has 0 saturated heterocycles. The maximum atomic E-state index is 15.2. The van der Waals surface area contributed by atoms with E-state index < -0.39 is 40.2 Å². The quantitative estimate of drug-likeness (QED) is 0.180. The molecule has 45 heavy (non-hydrogen) atoms. The van der Waals surface area contributed by atoms with Gasteiger partial charge >= 0.3 is 0 Å². The average Bonchev–Trinajstić information content (AvgIpc) is 2.99. The van der Waals surface area contributed by atoms with Crippen LogP contribution in [-0.4, -0.2) is 43.8 Å². The second-order valence-electron chi connectivity index (χ2n) is 10.9. The van der Waals surface area contributed by atoms with Gasteiger partial charge in [-0.2, -0.15) is 0 Å². The van der Waals surface area contributed by atoms with E-state index in [1.807, 2.05) is 37.3 Å². The first-order valence-electron chi connectivity index (χ1n) is 14.3. The van der Waals surface area contributed by atoms with Gasteiger partial charge in [-0.3, -0.25) is 13.9 Å². The van der Waals surface area contributed by atoms with Crippen LogP contribution in [0.2, 0.25) is 10.0 Å². The van der Waals surface area contributed by atoms with Crippen molar-refractivity contribution in [3.8, 4) is 0 Å². The van der Waals surface area contributed by atoms with Crippen molar-refractivity contribution in [3.05, 3.63) is 130 Å². The smallest absolute Gasteiger partial charge is 0.264 e. The number of carbonyl (C=O) groups is 2. The van der Waals surface area contributed by atoms with E-state index >= 15 is 4.39 Å². The summed E-state index contributed by atoms with van der Waals surface area (Å²) in [4.78, 5) is 29.3. The van der Waals surface area contributed by atoms with Gasteiger partial charge in [0.05, 0.1) is 10.6 Å². The first-order valence-corrected chi connectivity index (χ1v) is 16.5. The minimum Gasteiger partial charge on any atom is -0.352 e. The molecule has 0 aromatic heterocycles. The zero-order chi connectivity index (χ0) is 32.7. The third-order valence-corrected chi connectivity index (χ3v) is 9.43. The van der Waals surface area contributed by atoms with Crippen LogP contribution < -0.4 is 9.62 Å². The molecule has 0 aliphatic rings. The molecule has 1 N–H and O–H groups in total. The first-order chi connectivity index (χ1) is 21.4. The molecule has 0 aliphatic heterocycles.